The number of nitrogen functional groups attached to an aromatic ring is 1. The maximum Gasteiger partial charge on any atom is 0.283 e. The highest BCUT2D eigenvalue weighted by Crippen LogP contribution is 2.22. The number of benzene rings is 2. The van der Waals surface area contributed by atoms with Gasteiger partial charge in [-0.25, -0.2) is 0 Å². The van der Waals surface area contributed by atoms with Crippen molar-refractivity contribution in [1.29, 1.82) is 0 Å². The van der Waals surface area contributed by atoms with Gasteiger partial charge in [-0.2, -0.15) is 17.6 Å². The van der Waals surface area contributed by atoms with Crippen LogP contribution in [-0.4, -0.2) is 17.6 Å². The number of hydrogen-bond acceptors (Lipinski definition) is 4. The highest BCUT2D eigenvalue weighted by molar-refractivity contribution is 7.90. The highest BCUT2D eigenvalue weighted by atomic mass is 32.2. The molecular weight excluding hydrogens is 274 g/mol. The summed E-state index contributed by atoms with van der Waals surface area (Å²) in [5, 5.41) is 4.71. The van der Waals surface area contributed by atoms with Gasteiger partial charge in [0.2, 0.25) is 0 Å². The van der Waals surface area contributed by atoms with Crippen molar-refractivity contribution >= 4 is 26.6 Å². The minimum Gasteiger partial charge on any atom is -0.399 e. The molecule has 20 heavy (non-hydrogen) atoms. The van der Waals surface area contributed by atoms with Crippen molar-refractivity contribution in [3.05, 3.63) is 54.2 Å². The fourth-order valence-corrected chi connectivity index (χ4v) is 3.28. The third-order valence-electron chi connectivity index (χ3n) is 3.11. The second-order valence-electron chi connectivity index (χ2n) is 4.62. The Labute approximate surface area is 116 Å². The van der Waals surface area contributed by atoms with Gasteiger partial charge >= 0.3 is 0 Å². The van der Waals surface area contributed by atoms with Crippen molar-refractivity contribution in [3.8, 4) is 0 Å². The third kappa shape index (κ3) is 1.94. The van der Waals surface area contributed by atoms with E-state index in [4.69, 9.17) is 5.73 Å². The van der Waals surface area contributed by atoms with E-state index in [1.807, 2.05) is 6.92 Å². The molecule has 0 radical (unpaired) electrons. The quantitative estimate of drug-likeness (QED) is 0.733. The molecule has 0 unspecified atom stereocenters. The lowest BCUT2D eigenvalue weighted by Gasteiger charge is -2.06. The van der Waals surface area contributed by atoms with Crippen LogP contribution in [0.1, 0.15) is 5.56 Å². The second kappa shape index (κ2) is 4.35. The molecule has 6 heteroatoms. The van der Waals surface area contributed by atoms with Gasteiger partial charge in [-0.15, -0.1) is 0 Å². The first-order valence-corrected chi connectivity index (χ1v) is 7.48. The number of nitrogens with zero attached hydrogens (tertiary/aromatic N) is 2. The van der Waals surface area contributed by atoms with Gasteiger partial charge in [-0.1, -0.05) is 17.7 Å². The van der Waals surface area contributed by atoms with Gasteiger partial charge in [0.15, 0.2) is 0 Å². The summed E-state index contributed by atoms with van der Waals surface area (Å²) in [5.41, 5.74) is 7.69. The fraction of sp³-hybridized carbons (Fsp3) is 0.0714. The molecule has 0 saturated heterocycles. The SMILES string of the molecule is Cc1ccc(S(=O)(=O)n2ncc3ccc(N)cc32)cc1. The molecule has 1 aromatic heterocycles. The van der Waals surface area contributed by atoms with Crippen LogP contribution < -0.4 is 5.73 Å². The van der Waals surface area contributed by atoms with E-state index in [1.54, 1.807) is 42.5 Å². The van der Waals surface area contributed by atoms with Gasteiger partial charge in [-0.05, 0) is 37.3 Å². The van der Waals surface area contributed by atoms with E-state index in [0.29, 0.717) is 11.2 Å². The summed E-state index contributed by atoms with van der Waals surface area (Å²) < 4.78 is 26.2. The van der Waals surface area contributed by atoms with E-state index in [-0.39, 0.29) is 4.90 Å². The maximum absolute atomic E-state index is 12.6. The molecule has 0 aliphatic carbocycles. The zero-order valence-electron chi connectivity index (χ0n) is 10.8. The van der Waals surface area contributed by atoms with E-state index in [0.717, 1.165) is 15.0 Å². The van der Waals surface area contributed by atoms with Gasteiger partial charge in [-0.3, -0.25) is 0 Å². The lowest BCUT2D eigenvalue weighted by molar-refractivity contribution is 0.582. The van der Waals surface area contributed by atoms with Crippen LogP contribution in [0.4, 0.5) is 5.69 Å². The summed E-state index contributed by atoms with van der Waals surface area (Å²) in [6, 6.07) is 11.7. The summed E-state index contributed by atoms with van der Waals surface area (Å²) in [6.07, 6.45) is 1.51. The topological polar surface area (TPSA) is 78.0 Å². The first-order chi connectivity index (χ1) is 9.48. The van der Waals surface area contributed by atoms with E-state index < -0.39 is 10.0 Å². The van der Waals surface area contributed by atoms with Crippen LogP contribution in [0.25, 0.3) is 10.9 Å². The Morgan fingerprint density at radius 2 is 1.80 bits per heavy atom. The minimum absolute atomic E-state index is 0.204. The summed E-state index contributed by atoms with van der Waals surface area (Å²) in [6.45, 7) is 1.90. The van der Waals surface area contributed by atoms with Gasteiger partial charge in [0.05, 0.1) is 16.6 Å². The maximum atomic E-state index is 12.6. The minimum atomic E-state index is -3.71. The van der Waals surface area contributed by atoms with Gasteiger partial charge in [0.1, 0.15) is 0 Å². The lowest BCUT2D eigenvalue weighted by atomic mass is 10.2. The molecule has 0 spiro atoms. The summed E-state index contributed by atoms with van der Waals surface area (Å²) >= 11 is 0. The van der Waals surface area contributed by atoms with Gasteiger partial charge in [0, 0.05) is 11.1 Å². The first kappa shape index (κ1) is 12.7. The van der Waals surface area contributed by atoms with Crippen LogP contribution >= 0.6 is 0 Å². The molecule has 0 atom stereocenters. The molecular formula is C14H13N3O2S. The second-order valence-corrected chi connectivity index (χ2v) is 6.39. The monoisotopic (exact) mass is 287 g/mol. The molecule has 2 N–H and O–H groups in total. The fourth-order valence-electron chi connectivity index (χ4n) is 2.01. The number of aryl methyl sites for hydroxylation is 1. The van der Waals surface area contributed by atoms with Crippen LogP contribution in [0.15, 0.2) is 53.6 Å². The Balaban J connectivity index is 2.23. The molecule has 0 aliphatic heterocycles. The Morgan fingerprint density at radius 1 is 1.10 bits per heavy atom. The number of fused-ring (bicyclic) bond motifs is 1. The van der Waals surface area contributed by atoms with Crippen LogP contribution in [0.5, 0.6) is 0 Å². The molecule has 0 saturated carbocycles. The predicted octanol–water partition coefficient (Wildman–Crippen LogP) is 2.16. The zero-order chi connectivity index (χ0) is 14.3. The van der Waals surface area contributed by atoms with Crippen LogP contribution in [-0.2, 0) is 10.0 Å². The van der Waals surface area contributed by atoms with Crippen LogP contribution in [0.2, 0.25) is 0 Å². The molecule has 5 nitrogen and oxygen atoms in total. The number of nitrogens with two attached hydrogens (primary N) is 1. The van der Waals surface area contributed by atoms with E-state index in [2.05, 4.69) is 5.10 Å². The van der Waals surface area contributed by atoms with E-state index in [1.165, 1.54) is 6.20 Å². The Bertz CT molecular complexity index is 880. The molecule has 2 aromatic carbocycles. The largest absolute Gasteiger partial charge is 0.399 e. The van der Waals surface area contributed by atoms with E-state index >= 15 is 0 Å². The standard InChI is InChI=1S/C14H13N3O2S/c1-10-2-6-13(7-3-10)20(18,19)17-14-8-12(15)5-4-11(14)9-16-17/h2-9H,15H2,1H3. The third-order valence-corrected chi connectivity index (χ3v) is 4.72. The normalized spacial score (nSPS) is 11.8. The van der Waals surface area contributed by atoms with Gasteiger partial charge < -0.3 is 5.73 Å². The molecule has 0 bridgehead atoms. The van der Waals surface area contributed by atoms with Crippen molar-refractivity contribution in [3.63, 3.8) is 0 Å². The molecule has 0 fully saturated rings. The van der Waals surface area contributed by atoms with E-state index in [9.17, 15) is 8.42 Å². The van der Waals surface area contributed by atoms with Crippen LogP contribution in [0, 0.1) is 6.92 Å². The average Bonchev–Trinajstić information content (AvgIpc) is 2.82. The van der Waals surface area contributed by atoms with Crippen molar-refractivity contribution in [2.45, 2.75) is 11.8 Å². The predicted molar refractivity (Wildman–Crippen MR) is 77.9 cm³/mol. The van der Waals surface area contributed by atoms with Crippen molar-refractivity contribution in [1.82, 2.24) is 9.19 Å². The average molecular weight is 287 g/mol. The number of aromatic nitrogens is 2. The first-order valence-electron chi connectivity index (χ1n) is 6.04. The Kier molecular flexibility index (Phi) is 2.76. The zero-order valence-corrected chi connectivity index (χ0v) is 11.6. The van der Waals surface area contributed by atoms with Crippen molar-refractivity contribution in [2.75, 3.05) is 5.73 Å². The summed E-state index contributed by atoms with van der Waals surface area (Å²) in [7, 11) is -3.71. The lowest BCUT2D eigenvalue weighted by Crippen LogP contribution is -2.14. The Hall–Kier alpha value is -2.34. The molecule has 0 amide bonds. The van der Waals surface area contributed by atoms with Crippen LogP contribution in [0.3, 0.4) is 0 Å². The number of hydrogen-bond donors (Lipinski definition) is 1. The van der Waals surface area contributed by atoms with Gasteiger partial charge in [0.25, 0.3) is 10.0 Å². The van der Waals surface area contributed by atoms with Crippen molar-refractivity contribution < 1.29 is 8.42 Å². The summed E-state index contributed by atoms with van der Waals surface area (Å²) in [4.78, 5) is 0.204. The smallest absolute Gasteiger partial charge is 0.283 e. The number of anilines is 1. The summed E-state index contributed by atoms with van der Waals surface area (Å²) in [5.74, 6) is 0. The molecule has 0 aliphatic rings. The van der Waals surface area contributed by atoms with Crippen molar-refractivity contribution in [2.24, 2.45) is 0 Å². The molecule has 1 heterocycles. The molecule has 3 rings (SSSR count). The Morgan fingerprint density at radius 3 is 2.50 bits per heavy atom. The molecule has 102 valence electrons. The highest BCUT2D eigenvalue weighted by Gasteiger charge is 2.20. The number of rotatable bonds is 2. The molecule has 3 aromatic rings.